The van der Waals surface area contributed by atoms with E-state index in [0.29, 0.717) is 11.4 Å². The lowest BCUT2D eigenvalue weighted by molar-refractivity contribution is -0.137. The van der Waals surface area contributed by atoms with Crippen molar-refractivity contribution in [3.63, 3.8) is 0 Å². The van der Waals surface area contributed by atoms with Crippen molar-refractivity contribution >= 4 is 12.0 Å². The first kappa shape index (κ1) is 15.7. The molecule has 2 aromatic rings. The molecule has 1 heterocycles. The average Bonchev–Trinajstić information content (AvgIpc) is 2.81. The van der Waals surface area contributed by atoms with Gasteiger partial charge >= 0.3 is 12.1 Å². The van der Waals surface area contributed by atoms with Crippen molar-refractivity contribution in [3.05, 3.63) is 46.8 Å². The van der Waals surface area contributed by atoms with Crippen molar-refractivity contribution in [3.8, 4) is 0 Å². The summed E-state index contributed by atoms with van der Waals surface area (Å²) in [6.45, 7) is 1.55. The van der Waals surface area contributed by atoms with Crippen LogP contribution in [0.5, 0.6) is 0 Å². The number of hydrogen-bond acceptors (Lipinski definition) is 4. The van der Waals surface area contributed by atoms with Crippen molar-refractivity contribution in [2.45, 2.75) is 19.6 Å². The maximum Gasteiger partial charge on any atom is 0.416 e. The van der Waals surface area contributed by atoms with Crippen molar-refractivity contribution in [2.75, 3.05) is 0 Å². The highest BCUT2D eigenvalue weighted by Gasteiger charge is 2.30. The fraction of sp³-hybridized carbons (Fsp3) is 0.231. The highest BCUT2D eigenvalue weighted by Crippen LogP contribution is 2.31. The van der Waals surface area contributed by atoms with E-state index in [1.54, 1.807) is 6.92 Å². The first-order valence-electron chi connectivity index (χ1n) is 6.11. The Morgan fingerprint density at radius 1 is 1.41 bits per heavy atom. The van der Waals surface area contributed by atoms with Crippen LogP contribution in [0.15, 0.2) is 24.3 Å². The lowest BCUT2D eigenvalue weighted by Crippen LogP contribution is -2.10. The van der Waals surface area contributed by atoms with Gasteiger partial charge in [-0.05, 0) is 41.5 Å². The number of carboxylic acids is 1. The van der Waals surface area contributed by atoms with Gasteiger partial charge in [-0.25, -0.2) is 4.79 Å². The van der Waals surface area contributed by atoms with E-state index in [1.807, 2.05) is 0 Å². The molecule has 0 aliphatic carbocycles. The third-order valence-electron chi connectivity index (χ3n) is 2.74. The normalized spacial score (nSPS) is 12.0. The number of tetrazole rings is 1. The van der Waals surface area contributed by atoms with Crippen LogP contribution in [-0.4, -0.2) is 31.3 Å². The minimum absolute atomic E-state index is 0.0515. The minimum Gasteiger partial charge on any atom is -0.478 e. The molecule has 0 aliphatic rings. The van der Waals surface area contributed by atoms with E-state index in [4.69, 9.17) is 5.11 Å². The maximum absolute atomic E-state index is 12.8. The largest absolute Gasteiger partial charge is 0.478 e. The predicted octanol–water partition coefficient (Wildman–Crippen LogP) is 2.15. The highest BCUT2D eigenvalue weighted by atomic mass is 19.4. The number of hydrogen-bond donors (Lipinski definition) is 1. The van der Waals surface area contributed by atoms with Gasteiger partial charge in [0, 0.05) is 6.08 Å². The molecule has 1 N–H and O–H groups in total. The van der Waals surface area contributed by atoms with Crippen LogP contribution in [0, 0.1) is 6.92 Å². The molecular weight excluding hydrogens is 301 g/mol. The molecule has 0 bridgehead atoms. The Bertz CT molecular complexity index is 722. The van der Waals surface area contributed by atoms with Crippen LogP contribution >= 0.6 is 0 Å². The zero-order valence-electron chi connectivity index (χ0n) is 11.4. The zero-order valence-corrected chi connectivity index (χ0v) is 11.4. The first-order valence-corrected chi connectivity index (χ1v) is 6.11. The number of benzene rings is 1. The predicted molar refractivity (Wildman–Crippen MR) is 69.8 cm³/mol. The summed E-state index contributed by atoms with van der Waals surface area (Å²) >= 11 is 0. The van der Waals surface area contributed by atoms with E-state index in [0.717, 1.165) is 23.0 Å². The number of alkyl halides is 3. The van der Waals surface area contributed by atoms with E-state index in [9.17, 15) is 18.0 Å². The molecule has 6 nitrogen and oxygen atoms in total. The summed E-state index contributed by atoms with van der Waals surface area (Å²) in [6.07, 6.45) is -2.41. The second-order valence-corrected chi connectivity index (χ2v) is 4.45. The average molecular weight is 312 g/mol. The van der Waals surface area contributed by atoms with E-state index < -0.39 is 17.7 Å². The molecule has 0 fully saturated rings. The molecule has 0 amide bonds. The van der Waals surface area contributed by atoms with E-state index in [-0.39, 0.29) is 12.1 Å². The number of rotatable bonds is 4. The Morgan fingerprint density at radius 3 is 2.68 bits per heavy atom. The molecule has 1 aromatic heterocycles. The molecular formula is C13H11F3N4O2. The monoisotopic (exact) mass is 312 g/mol. The second-order valence-electron chi connectivity index (χ2n) is 4.45. The van der Waals surface area contributed by atoms with Gasteiger partial charge in [-0.2, -0.15) is 18.0 Å². The summed E-state index contributed by atoms with van der Waals surface area (Å²) in [5, 5.41) is 19.9. The van der Waals surface area contributed by atoms with Crippen molar-refractivity contribution in [1.82, 2.24) is 20.2 Å². The first-order chi connectivity index (χ1) is 10.3. The molecule has 0 saturated carbocycles. The third-order valence-corrected chi connectivity index (χ3v) is 2.74. The van der Waals surface area contributed by atoms with Crippen LogP contribution < -0.4 is 0 Å². The highest BCUT2D eigenvalue weighted by molar-refractivity contribution is 5.85. The van der Waals surface area contributed by atoms with Gasteiger partial charge in [0.15, 0.2) is 5.82 Å². The van der Waals surface area contributed by atoms with Gasteiger partial charge in [0.25, 0.3) is 0 Å². The van der Waals surface area contributed by atoms with Crippen LogP contribution in [0.3, 0.4) is 0 Å². The van der Waals surface area contributed by atoms with Crippen LogP contribution in [-0.2, 0) is 17.5 Å². The van der Waals surface area contributed by atoms with Crippen LogP contribution in [0.1, 0.15) is 22.5 Å². The smallest absolute Gasteiger partial charge is 0.416 e. The standard InChI is InChI=1S/C13H11F3N4O2/c1-8-17-19-20(18-8)7-10-6-11(13(14,15)16)4-2-9(10)3-5-12(21)22/h2-6H,7H2,1H3,(H,21,22). The topological polar surface area (TPSA) is 80.9 Å². The Morgan fingerprint density at radius 2 is 2.14 bits per heavy atom. The number of aliphatic carboxylic acids is 1. The van der Waals surface area contributed by atoms with Gasteiger partial charge < -0.3 is 5.11 Å². The Hall–Kier alpha value is -2.71. The maximum atomic E-state index is 12.8. The van der Waals surface area contributed by atoms with Gasteiger partial charge in [0.2, 0.25) is 0 Å². The number of carboxylic acid groups (broad SMARTS) is 1. The Labute approximate surface area is 122 Å². The Balaban J connectivity index is 2.42. The SMILES string of the molecule is Cc1nnn(Cc2cc(C(F)(F)F)ccc2C=CC(=O)O)n1. The van der Waals surface area contributed by atoms with Gasteiger partial charge in [0.05, 0.1) is 12.1 Å². The number of aromatic nitrogens is 4. The van der Waals surface area contributed by atoms with Crippen LogP contribution in [0.2, 0.25) is 0 Å². The van der Waals surface area contributed by atoms with Crippen molar-refractivity contribution < 1.29 is 23.1 Å². The summed E-state index contributed by atoms with van der Waals surface area (Å²) in [5.41, 5.74) is -0.248. The fourth-order valence-electron chi connectivity index (χ4n) is 1.79. The van der Waals surface area contributed by atoms with E-state index in [1.165, 1.54) is 12.1 Å². The molecule has 0 unspecified atom stereocenters. The molecule has 0 saturated heterocycles. The third kappa shape index (κ3) is 3.90. The molecule has 0 radical (unpaired) electrons. The summed E-state index contributed by atoms with van der Waals surface area (Å²) < 4.78 is 38.4. The molecule has 1 aromatic carbocycles. The second kappa shape index (κ2) is 5.96. The molecule has 0 spiro atoms. The van der Waals surface area contributed by atoms with Crippen LogP contribution in [0.25, 0.3) is 6.08 Å². The van der Waals surface area contributed by atoms with Gasteiger partial charge in [-0.1, -0.05) is 6.07 Å². The molecule has 0 aliphatic heterocycles. The molecule has 9 heteroatoms. The van der Waals surface area contributed by atoms with E-state index >= 15 is 0 Å². The van der Waals surface area contributed by atoms with Crippen molar-refractivity contribution in [2.24, 2.45) is 0 Å². The molecule has 2 rings (SSSR count). The summed E-state index contributed by atoms with van der Waals surface area (Å²) in [7, 11) is 0. The van der Waals surface area contributed by atoms with Gasteiger partial charge in [0.1, 0.15) is 0 Å². The lowest BCUT2D eigenvalue weighted by Gasteiger charge is -2.11. The zero-order chi connectivity index (χ0) is 16.3. The number of halogens is 3. The lowest BCUT2D eigenvalue weighted by atomic mass is 10.0. The summed E-state index contributed by atoms with van der Waals surface area (Å²) in [6, 6.07) is 3.05. The Kier molecular flexibility index (Phi) is 4.25. The number of nitrogens with zero attached hydrogens (tertiary/aromatic N) is 4. The number of aryl methyl sites for hydroxylation is 1. The number of carbonyl (C=O) groups is 1. The fourth-order valence-corrected chi connectivity index (χ4v) is 1.79. The summed E-state index contributed by atoms with van der Waals surface area (Å²) in [5.74, 6) is -0.810. The van der Waals surface area contributed by atoms with Crippen LogP contribution in [0.4, 0.5) is 13.2 Å². The summed E-state index contributed by atoms with van der Waals surface area (Å²) in [4.78, 5) is 11.7. The molecule has 22 heavy (non-hydrogen) atoms. The molecule has 116 valence electrons. The van der Waals surface area contributed by atoms with Gasteiger partial charge in [-0.15, -0.1) is 10.2 Å². The van der Waals surface area contributed by atoms with Gasteiger partial charge in [-0.3, -0.25) is 0 Å². The van der Waals surface area contributed by atoms with Crippen molar-refractivity contribution in [1.29, 1.82) is 0 Å². The minimum atomic E-state index is -4.49. The quantitative estimate of drug-likeness (QED) is 0.875. The molecule has 0 atom stereocenters. The van der Waals surface area contributed by atoms with E-state index in [2.05, 4.69) is 15.4 Å².